The highest BCUT2D eigenvalue weighted by atomic mass is 35.5. The van der Waals surface area contributed by atoms with Crippen LogP contribution < -0.4 is 14.8 Å². The molecule has 0 bridgehead atoms. The Morgan fingerprint density at radius 1 is 1.03 bits per heavy atom. The van der Waals surface area contributed by atoms with Crippen molar-refractivity contribution >= 4 is 34.7 Å². The van der Waals surface area contributed by atoms with Gasteiger partial charge in [0.25, 0.3) is 0 Å². The number of nitrogens with zero attached hydrogens (tertiary/aromatic N) is 2. The van der Waals surface area contributed by atoms with Crippen LogP contribution in [0.25, 0.3) is 5.00 Å². The molecule has 1 aliphatic carbocycles. The smallest absolute Gasteiger partial charge is 0.323 e. The molecule has 4 aromatic rings. The van der Waals surface area contributed by atoms with E-state index in [0.717, 1.165) is 24.1 Å². The SMILES string of the molecule is COc1ccc(OC)c(NC(=O)N2Cc3c(sc4c3CCCC4)-n3cccc3C2c2ccc(Cl)cc2)c1. The van der Waals surface area contributed by atoms with Crippen LogP contribution in [0.4, 0.5) is 10.5 Å². The van der Waals surface area contributed by atoms with Gasteiger partial charge in [0.05, 0.1) is 38.2 Å². The van der Waals surface area contributed by atoms with E-state index in [1.165, 1.54) is 33.8 Å². The molecule has 0 saturated carbocycles. The van der Waals surface area contributed by atoms with Crippen LogP contribution in [0.2, 0.25) is 5.02 Å². The number of ether oxygens (including phenoxy) is 2. The molecule has 190 valence electrons. The summed E-state index contributed by atoms with van der Waals surface area (Å²) in [7, 11) is 3.20. The zero-order valence-corrected chi connectivity index (χ0v) is 22.4. The number of benzene rings is 2. The maximum atomic E-state index is 14.2. The van der Waals surface area contributed by atoms with Gasteiger partial charge in [-0.15, -0.1) is 11.3 Å². The fourth-order valence-corrected chi connectivity index (χ4v) is 7.01. The van der Waals surface area contributed by atoms with E-state index in [4.69, 9.17) is 21.1 Å². The summed E-state index contributed by atoms with van der Waals surface area (Å²) in [5.41, 5.74) is 5.28. The summed E-state index contributed by atoms with van der Waals surface area (Å²) >= 11 is 8.12. The minimum absolute atomic E-state index is 0.206. The second-order valence-electron chi connectivity index (χ2n) is 9.38. The van der Waals surface area contributed by atoms with Gasteiger partial charge < -0.3 is 24.3 Å². The Morgan fingerprint density at radius 2 is 1.84 bits per heavy atom. The normalized spacial score (nSPS) is 16.3. The van der Waals surface area contributed by atoms with Gasteiger partial charge in [-0.3, -0.25) is 0 Å². The minimum atomic E-state index is -0.303. The van der Waals surface area contributed by atoms with Gasteiger partial charge in [-0.1, -0.05) is 23.7 Å². The van der Waals surface area contributed by atoms with Crippen molar-refractivity contribution in [2.75, 3.05) is 19.5 Å². The molecule has 0 spiro atoms. The number of nitrogens with one attached hydrogen (secondary N) is 1. The number of carbonyl (C=O) groups is 1. The van der Waals surface area contributed by atoms with Crippen LogP contribution in [0.3, 0.4) is 0 Å². The number of carbonyl (C=O) groups excluding carboxylic acids is 1. The molecule has 0 fully saturated rings. The van der Waals surface area contributed by atoms with Crippen molar-refractivity contribution in [3.05, 3.63) is 93.1 Å². The third-order valence-electron chi connectivity index (χ3n) is 7.27. The molecule has 37 heavy (non-hydrogen) atoms. The van der Waals surface area contributed by atoms with Crippen molar-refractivity contribution in [1.82, 2.24) is 9.47 Å². The lowest BCUT2D eigenvalue weighted by Gasteiger charge is -2.31. The van der Waals surface area contributed by atoms with Crippen LogP contribution >= 0.6 is 22.9 Å². The number of aromatic nitrogens is 1. The summed E-state index contributed by atoms with van der Waals surface area (Å²) in [6.07, 6.45) is 6.69. The predicted octanol–water partition coefficient (Wildman–Crippen LogP) is 7.23. The number of anilines is 1. The summed E-state index contributed by atoms with van der Waals surface area (Å²) in [5, 5.41) is 5.01. The predicted molar refractivity (Wildman–Crippen MR) is 148 cm³/mol. The largest absolute Gasteiger partial charge is 0.497 e. The molecule has 3 heterocycles. The molecule has 8 heteroatoms. The maximum Gasteiger partial charge on any atom is 0.323 e. The van der Waals surface area contributed by atoms with Gasteiger partial charge in [-0.05, 0) is 73.2 Å². The molecule has 1 aliphatic heterocycles. The average Bonchev–Trinajstić information content (AvgIpc) is 3.51. The monoisotopic (exact) mass is 533 g/mol. The van der Waals surface area contributed by atoms with Crippen molar-refractivity contribution in [3.63, 3.8) is 0 Å². The number of urea groups is 1. The number of aryl methyl sites for hydroxylation is 1. The summed E-state index contributed by atoms with van der Waals surface area (Å²) < 4.78 is 13.2. The first-order valence-electron chi connectivity index (χ1n) is 12.4. The highest BCUT2D eigenvalue weighted by Crippen LogP contribution is 2.44. The lowest BCUT2D eigenvalue weighted by molar-refractivity contribution is 0.194. The number of hydrogen-bond donors (Lipinski definition) is 1. The average molecular weight is 534 g/mol. The van der Waals surface area contributed by atoms with Crippen molar-refractivity contribution in [1.29, 1.82) is 0 Å². The molecule has 2 aromatic heterocycles. The van der Waals surface area contributed by atoms with E-state index >= 15 is 0 Å². The molecule has 2 aromatic carbocycles. The summed E-state index contributed by atoms with van der Waals surface area (Å²) in [6.45, 7) is 0.508. The minimum Gasteiger partial charge on any atom is -0.497 e. The number of rotatable bonds is 4. The Bertz CT molecular complexity index is 1460. The standard InChI is InChI=1S/C29H28ClN3O3S/c1-35-20-13-14-25(36-2)23(16-20)31-29(34)33-17-22-21-6-3-4-8-26(21)37-28(22)32-15-5-7-24(32)27(33)18-9-11-19(30)12-10-18/h5,7,9-16,27H,3-4,6,8,17H2,1-2H3,(H,31,34). The first kappa shape index (κ1) is 23.9. The maximum absolute atomic E-state index is 14.2. The van der Waals surface area contributed by atoms with Crippen LogP contribution in [-0.2, 0) is 19.4 Å². The zero-order valence-electron chi connectivity index (χ0n) is 20.8. The lowest BCUT2D eigenvalue weighted by atomic mass is 9.95. The Kier molecular flexibility index (Phi) is 6.34. The lowest BCUT2D eigenvalue weighted by Crippen LogP contribution is -2.38. The van der Waals surface area contributed by atoms with E-state index in [1.54, 1.807) is 26.4 Å². The van der Waals surface area contributed by atoms with Gasteiger partial charge in [0.15, 0.2) is 0 Å². The Morgan fingerprint density at radius 3 is 2.62 bits per heavy atom. The summed E-state index contributed by atoms with van der Waals surface area (Å²) in [4.78, 5) is 17.5. The van der Waals surface area contributed by atoms with Crippen LogP contribution in [0, 0.1) is 0 Å². The second kappa shape index (κ2) is 9.80. The number of amides is 2. The van der Waals surface area contributed by atoms with Gasteiger partial charge >= 0.3 is 6.03 Å². The molecule has 2 aliphatic rings. The number of fused-ring (bicyclic) bond motifs is 5. The van der Waals surface area contributed by atoms with Crippen LogP contribution in [0.5, 0.6) is 11.5 Å². The van der Waals surface area contributed by atoms with E-state index in [9.17, 15) is 4.79 Å². The topological polar surface area (TPSA) is 55.7 Å². The Hall–Kier alpha value is -3.42. The van der Waals surface area contributed by atoms with Crippen LogP contribution in [0.1, 0.15) is 46.1 Å². The fraction of sp³-hybridized carbons (Fsp3) is 0.276. The first-order chi connectivity index (χ1) is 18.1. The van der Waals surface area contributed by atoms with E-state index in [1.807, 2.05) is 46.6 Å². The second-order valence-corrected chi connectivity index (χ2v) is 10.9. The molecule has 1 unspecified atom stereocenters. The molecule has 6 rings (SSSR count). The molecule has 6 nitrogen and oxygen atoms in total. The molecule has 0 saturated heterocycles. The van der Waals surface area contributed by atoms with E-state index < -0.39 is 0 Å². The van der Waals surface area contributed by atoms with E-state index in [-0.39, 0.29) is 12.1 Å². The van der Waals surface area contributed by atoms with E-state index in [2.05, 4.69) is 28.2 Å². The summed E-state index contributed by atoms with van der Waals surface area (Å²) in [6, 6.07) is 16.8. The fourth-order valence-electron chi connectivity index (χ4n) is 5.48. The number of hydrogen-bond acceptors (Lipinski definition) is 4. The van der Waals surface area contributed by atoms with E-state index in [0.29, 0.717) is 28.8 Å². The van der Waals surface area contributed by atoms with Gasteiger partial charge in [-0.2, -0.15) is 0 Å². The van der Waals surface area contributed by atoms with Crippen LogP contribution in [-0.4, -0.2) is 29.7 Å². The van der Waals surface area contributed by atoms with Crippen molar-refractivity contribution in [3.8, 4) is 16.5 Å². The number of methoxy groups -OCH3 is 2. The zero-order chi connectivity index (χ0) is 25.5. The third-order valence-corrected chi connectivity index (χ3v) is 8.86. The molecular weight excluding hydrogens is 506 g/mol. The first-order valence-corrected chi connectivity index (χ1v) is 13.6. The van der Waals surface area contributed by atoms with Crippen molar-refractivity contribution in [2.24, 2.45) is 0 Å². The Labute approximate surface area is 225 Å². The Balaban J connectivity index is 1.48. The highest BCUT2D eigenvalue weighted by Gasteiger charge is 2.36. The van der Waals surface area contributed by atoms with Crippen molar-refractivity contribution in [2.45, 2.75) is 38.3 Å². The molecule has 1 atom stereocenters. The number of thiophene rings is 1. The van der Waals surface area contributed by atoms with Gasteiger partial charge in [0, 0.05) is 27.7 Å². The summed E-state index contributed by atoms with van der Waals surface area (Å²) in [5.74, 6) is 1.22. The van der Waals surface area contributed by atoms with Crippen LogP contribution in [0.15, 0.2) is 60.8 Å². The van der Waals surface area contributed by atoms with Gasteiger partial charge in [0.2, 0.25) is 0 Å². The van der Waals surface area contributed by atoms with Gasteiger partial charge in [0.1, 0.15) is 16.5 Å². The molecule has 2 amide bonds. The number of halogens is 1. The third kappa shape index (κ3) is 4.26. The highest BCUT2D eigenvalue weighted by molar-refractivity contribution is 7.15. The van der Waals surface area contributed by atoms with Gasteiger partial charge in [-0.25, -0.2) is 4.79 Å². The molecular formula is C29H28ClN3O3S. The molecule has 1 N–H and O–H groups in total. The quantitative estimate of drug-likeness (QED) is 0.301. The van der Waals surface area contributed by atoms with Crippen molar-refractivity contribution < 1.29 is 14.3 Å². The molecule has 0 radical (unpaired) electrons.